The lowest BCUT2D eigenvalue weighted by molar-refractivity contribution is 0.0695. The second kappa shape index (κ2) is 4.65. The van der Waals surface area contributed by atoms with E-state index < -0.39 is 5.97 Å². The van der Waals surface area contributed by atoms with E-state index in [0.29, 0.717) is 18.5 Å². The zero-order chi connectivity index (χ0) is 12.3. The molecule has 5 heteroatoms. The monoisotopic (exact) mass is 226 g/mol. The van der Waals surface area contributed by atoms with Gasteiger partial charge in [0.25, 0.3) is 0 Å². The SMILES string of the molecule is CC(C)(C)n1ncc(C(=O)O)c1CCCO. The van der Waals surface area contributed by atoms with Crippen LogP contribution in [0.15, 0.2) is 6.20 Å². The Morgan fingerprint density at radius 3 is 2.56 bits per heavy atom. The quantitative estimate of drug-likeness (QED) is 0.810. The van der Waals surface area contributed by atoms with Crippen molar-refractivity contribution in [3.05, 3.63) is 17.5 Å². The van der Waals surface area contributed by atoms with Crippen LogP contribution < -0.4 is 0 Å². The van der Waals surface area contributed by atoms with Gasteiger partial charge in [0.2, 0.25) is 0 Å². The molecule has 0 spiro atoms. The Hall–Kier alpha value is -1.36. The van der Waals surface area contributed by atoms with Crippen molar-refractivity contribution in [1.82, 2.24) is 9.78 Å². The van der Waals surface area contributed by atoms with E-state index in [0.717, 1.165) is 0 Å². The summed E-state index contributed by atoms with van der Waals surface area (Å²) in [6.07, 6.45) is 2.44. The van der Waals surface area contributed by atoms with Crippen LogP contribution in [0.25, 0.3) is 0 Å². The Balaban J connectivity index is 3.14. The largest absolute Gasteiger partial charge is 0.478 e. The van der Waals surface area contributed by atoms with Crippen molar-refractivity contribution in [3.8, 4) is 0 Å². The number of hydrogen-bond acceptors (Lipinski definition) is 3. The summed E-state index contributed by atoms with van der Waals surface area (Å²) < 4.78 is 1.71. The molecule has 5 nitrogen and oxygen atoms in total. The number of nitrogens with zero attached hydrogens (tertiary/aromatic N) is 2. The minimum absolute atomic E-state index is 0.0500. The fourth-order valence-electron chi connectivity index (χ4n) is 1.62. The van der Waals surface area contributed by atoms with Crippen LogP contribution in [0.5, 0.6) is 0 Å². The predicted molar refractivity (Wildman–Crippen MR) is 59.6 cm³/mol. The Bertz CT molecular complexity index is 377. The summed E-state index contributed by atoms with van der Waals surface area (Å²) in [6.45, 7) is 5.95. The average molecular weight is 226 g/mol. The van der Waals surface area contributed by atoms with Crippen LogP contribution in [0.4, 0.5) is 0 Å². The van der Waals surface area contributed by atoms with E-state index in [1.165, 1.54) is 6.20 Å². The van der Waals surface area contributed by atoms with E-state index in [4.69, 9.17) is 10.2 Å². The summed E-state index contributed by atoms with van der Waals surface area (Å²) in [4.78, 5) is 11.0. The smallest absolute Gasteiger partial charge is 0.339 e. The van der Waals surface area contributed by atoms with E-state index in [-0.39, 0.29) is 17.7 Å². The Labute approximate surface area is 94.7 Å². The normalized spacial score (nSPS) is 11.8. The number of rotatable bonds is 4. The number of carbonyl (C=O) groups is 1. The summed E-state index contributed by atoms with van der Waals surface area (Å²) in [7, 11) is 0. The van der Waals surface area contributed by atoms with Crippen LogP contribution in [-0.4, -0.2) is 32.6 Å². The van der Waals surface area contributed by atoms with Crippen molar-refractivity contribution in [3.63, 3.8) is 0 Å². The van der Waals surface area contributed by atoms with E-state index in [1.54, 1.807) is 4.68 Å². The summed E-state index contributed by atoms with van der Waals surface area (Å²) in [5.41, 5.74) is 0.649. The molecule has 0 aliphatic rings. The fraction of sp³-hybridized carbons (Fsp3) is 0.636. The number of aromatic carboxylic acids is 1. The molecule has 0 radical (unpaired) electrons. The lowest BCUT2D eigenvalue weighted by atomic mass is 10.1. The van der Waals surface area contributed by atoms with Gasteiger partial charge >= 0.3 is 5.97 Å². The van der Waals surface area contributed by atoms with E-state index >= 15 is 0 Å². The number of carboxylic acids is 1. The highest BCUT2D eigenvalue weighted by molar-refractivity contribution is 5.88. The number of aliphatic hydroxyl groups is 1. The Kier molecular flexibility index (Phi) is 3.70. The molecule has 1 aromatic heterocycles. The van der Waals surface area contributed by atoms with Gasteiger partial charge in [-0.05, 0) is 33.6 Å². The molecule has 0 saturated heterocycles. The van der Waals surface area contributed by atoms with Crippen LogP contribution in [0.3, 0.4) is 0 Å². The number of hydrogen-bond donors (Lipinski definition) is 2. The van der Waals surface area contributed by atoms with Crippen LogP contribution in [0, 0.1) is 0 Å². The first-order valence-electron chi connectivity index (χ1n) is 5.29. The highest BCUT2D eigenvalue weighted by Crippen LogP contribution is 2.20. The zero-order valence-corrected chi connectivity index (χ0v) is 9.90. The van der Waals surface area contributed by atoms with Crippen LogP contribution in [0.2, 0.25) is 0 Å². The summed E-state index contributed by atoms with van der Waals surface area (Å²) in [6, 6.07) is 0. The first kappa shape index (κ1) is 12.7. The molecule has 2 N–H and O–H groups in total. The van der Waals surface area contributed by atoms with Gasteiger partial charge < -0.3 is 10.2 Å². The standard InChI is InChI=1S/C11H18N2O3/c1-11(2,3)13-9(5-4-6-14)8(7-12-13)10(15)16/h7,14H,4-6H2,1-3H3,(H,15,16). The second-order valence-corrected chi connectivity index (χ2v) is 4.72. The molecule has 16 heavy (non-hydrogen) atoms. The molecule has 0 amide bonds. The van der Waals surface area contributed by atoms with E-state index in [9.17, 15) is 4.79 Å². The van der Waals surface area contributed by atoms with Gasteiger partial charge in [0.1, 0.15) is 5.56 Å². The molecule has 0 aliphatic carbocycles. The highest BCUT2D eigenvalue weighted by atomic mass is 16.4. The molecule has 0 fully saturated rings. The Morgan fingerprint density at radius 1 is 1.50 bits per heavy atom. The highest BCUT2D eigenvalue weighted by Gasteiger charge is 2.23. The first-order valence-corrected chi connectivity index (χ1v) is 5.29. The molecule has 0 atom stereocenters. The third-order valence-electron chi connectivity index (χ3n) is 2.31. The molecule has 1 heterocycles. The minimum Gasteiger partial charge on any atom is -0.478 e. The predicted octanol–water partition coefficient (Wildman–Crippen LogP) is 1.26. The van der Waals surface area contributed by atoms with Crippen LogP contribution >= 0.6 is 0 Å². The van der Waals surface area contributed by atoms with Gasteiger partial charge in [0.15, 0.2) is 0 Å². The lowest BCUT2D eigenvalue weighted by Crippen LogP contribution is -2.26. The van der Waals surface area contributed by atoms with Gasteiger partial charge in [-0.3, -0.25) is 4.68 Å². The molecule has 90 valence electrons. The van der Waals surface area contributed by atoms with Gasteiger partial charge in [0, 0.05) is 6.61 Å². The first-order chi connectivity index (χ1) is 7.38. The van der Waals surface area contributed by atoms with E-state index in [1.807, 2.05) is 20.8 Å². The molecule has 0 bridgehead atoms. The topological polar surface area (TPSA) is 75.4 Å². The van der Waals surface area contributed by atoms with Gasteiger partial charge in [-0.25, -0.2) is 4.79 Å². The molecule has 0 unspecified atom stereocenters. The fourth-order valence-corrected chi connectivity index (χ4v) is 1.62. The van der Waals surface area contributed by atoms with Gasteiger partial charge in [-0.15, -0.1) is 0 Å². The average Bonchev–Trinajstić information content (AvgIpc) is 2.57. The van der Waals surface area contributed by atoms with E-state index in [2.05, 4.69) is 5.10 Å². The lowest BCUT2D eigenvalue weighted by Gasteiger charge is -2.22. The maximum absolute atomic E-state index is 11.0. The summed E-state index contributed by atoms with van der Waals surface area (Å²) in [5.74, 6) is -0.969. The molecule has 0 aromatic carbocycles. The number of aromatic nitrogens is 2. The van der Waals surface area contributed by atoms with Crippen molar-refractivity contribution >= 4 is 5.97 Å². The third-order valence-corrected chi connectivity index (χ3v) is 2.31. The van der Waals surface area contributed by atoms with Crippen molar-refractivity contribution < 1.29 is 15.0 Å². The zero-order valence-electron chi connectivity index (χ0n) is 9.90. The van der Waals surface area contributed by atoms with Crippen LogP contribution in [-0.2, 0) is 12.0 Å². The van der Waals surface area contributed by atoms with Crippen molar-refractivity contribution in [2.24, 2.45) is 0 Å². The summed E-state index contributed by atoms with van der Waals surface area (Å²) in [5, 5.41) is 22.0. The van der Waals surface area contributed by atoms with Gasteiger partial charge in [0.05, 0.1) is 17.4 Å². The molecular weight excluding hydrogens is 208 g/mol. The molecular formula is C11H18N2O3. The minimum atomic E-state index is -0.969. The maximum atomic E-state index is 11.0. The maximum Gasteiger partial charge on any atom is 0.339 e. The van der Waals surface area contributed by atoms with Crippen molar-refractivity contribution in [1.29, 1.82) is 0 Å². The molecule has 0 aliphatic heterocycles. The number of aliphatic hydroxyl groups excluding tert-OH is 1. The molecule has 0 saturated carbocycles. The molecule has 1 aromatic rings. The number of carboxylic acid groups (broad SMARTS) is 1. The Morgan fingerprint density at radius 2 is 2.12 bits per heavy atom. The van der Waals surface area contributed by atoms with Gasteiger partial charge in [-0.2, -0.15) is 5.10 Å². The summed E-state index contributed by atoms with van der Waals surface area (Å²) >= 11 is 0. The second-order valence-electron chi connectivity index (χ2n) is 4.72. The van der Waals surface area contributed by atoms with Crippen molar-refractivity contribution in [2.75, 3.05) is 6.61 Å². The van der Waals surface area contributed by atoms with Gasteiger partial charge in [-0.1, -0.05) is 0 Å². The van der Waals surface area contributed by atoms with Crippen LogP contribution in [0.1, 0.15) is 43.2 Å². The molecule has 1 rings (SSSR count). The van der Waals surface area contributed by atoms with Crippen molar-refractivity contribution in [2.45, 2.75) is 39.2 Å². The third kappa shape index (κ3) is 2.61.